The van der Waals surface area contributed by atoms with Gasteiger partial charge < -0.3 is 19.5 Å². The van der Waals surface area contributed by atoms with Crippen LogP contribution in [-0.4, -0.2) is 39.9 Å². The fourth-order valence-electron chi connectivity index (χ4n) is 4.04. The Hall–Kier alpha value is -4.13. The average molecular weight is 459 g/mol. The van der Waals surface area contributed by atoms with Crippen molar-refractivity contribution in [1.82, 2.24) is 9.88 Å². The summed E-state index contributed by atoms with van der Waals surface area (Å²) in [4.78, 5) is 31.8. The minimum atomic E-state index is -0.764. The van der Waals surface area contributed by atoms with Gasteiger partial charge in [0.2, 0.25) is 0 Å². The van der Waals surface area contributed by atoms with Crippen molar-refractivity contribution in [3.05, 3.63) is 95.3 Å². The van der Waals surface area contributed by atoms with Crippen molar-refractivity contribution in [3.63, 3.8) is 0 Å². The van der Waals surface area contributed by atoms with E-state index in [-0.39, 0.29) is 17.9 Å². The molecular formula is C27H26N2O5. The van der Waals surface area contributed by atoms with Crippen molar-refractivity contribution in [2.75, 3.05) is 13.2 Å². The lowest BCUT2D eigenvalue weighted by atomic mass is 9.95. The number of aliphatic hydroxyl groups excluding tert-OH is 1. The molecule has 4 rings (SSSR count). The predicted octanol–water partition coefficient (Wildman–Crippen LogP) is 4.50. The summed E-state index contributed by atoms with van der Waals surface area (Å²) in [5.74, 6) is -0.390. The molecule has 1 aromatic heterocycles. The normalized spacial score (nSPS) is 17.1. The Morgan fingerprint density at radius 1 is 0.941 bits per heavy atom. The lowest BCUT2D eigenvalue weighted by Crippen LogP contribution is -2.29. The Labute approximate surface area is 198 Å². The van der Waals surface area contributed by atoms with Gasteiger partial charge in [-0.15, -0.1) is 0 Å². The third-order valence-electron chi connectivity index (χ3n) is 5.57. The van der Waals surface area contributed by atoms with Crippen LogP contribution in [0.3, 0.4) is 0 Å². The number of carbonyl (C=O) groups is 2. The van der Waals surface area contributed by atoms with Crippen LogP contribution in [0, 0.1) is 0 Å². The van der Waals surface area contributed by atoms with Crippen molar-refractivity contribution in [2.45, 2.75) is 26.4 Å². The maximum atomic E-state index is 13.2. The molecule has 1 atom stereocenters. The van der Waals surface area contributed by atoms with Crippen LogP contribution in [0.15, 0.2) is 78.6 Å². The van der Waals surface area contributed by atoms with Gasteiger partial charge in [-0.3, -0.25) is 14.6 Å². The van der Waals surface area contributed by atoms with Crippen LogP contribution < -0.4 is 9.47 Å². The molecule has 0 bridgehead atoms. The number of hydrogen-bond acceptors (Lipinski definition) is 6. The molecule has 1 fully saturated rings. The highest BCUT2D eigenvalue weighted by atomic mass is 16.5. The van der Waals surface area contributed by atoms with Crippen LogP contribution in [0.4, 0.5) is 0 Å². The molecule has 0 radical (unpaired) electrons. The van der Waals surface area contributed by atoms with Gasteiger partial charge in [-0.1, -0.05) is 24.3 Å². The van der Waals surface area contributed by atoms with Gasteiger partial charge in [0, 0.05) is 24.5 Å². The third-order valence-corrected chi connectivity index (χ3v) is 5.57. The SMILES string of the molecule is CCOc1ccc(C2/C(=C(\O)c3cccc(OCC)c3)C(=O)C(=O)N2Cc2ccncc2)cc1. The summed E-state index contributed by atoms with van der Waals surface area (Å²) in [5.41, 5.74) is 1.96. The smallest absolute Gasteiger partial charge is 0.295 e. The first-order valence-electron chi connectivity index (χ1n) is 11.2. The number of likely N-dealkylation sites (tertiary alicyclic amines) is 1. The number of aliphatic hydroxyl groups is 1. The lowest BCUT2D eigenvalue weighted by Gasteiger charge is -2.25. The summed E-state index contributed by atoms with van der Waals surface area (Å²) in [7, 11) is 0. The number of aromatic nitrogens is 1. The van der Waals surface area contributed by atoms with E-state index in [1.54, 1.807) is 60.9 Å². The highest BCUT2D eigenvalue weighted by molar-refractivity contribution is 6.46. The van der Waals surface area contributed by atoms with E-state index in [9.17, 15) is 14.7 Å². The molecule has 0 saturated carbocycles. The summed E-state index contributed by atoms with van der Waals surface area (Å²) in [6, 6.07) is 16.9. The summed E-state index contributed by atoms with van der Waals surface area (Å²) >= 11 is 0. The average Bonchev–Trinajstić information content (AvgIpc) is 3.10. The molecular weight excluding hydrogens is 432 g/mol. The van der Waals surface area contributed by atoms with Gasteiger partial charge in [-0.2, -0.15) is 0 Å². The fraction of sp³-hybridized carbons (Fsp3) is 0.222. The summed E-state index contributed by atoms with van der Waals surface area (Å²) < 4.78 is 11.1. The van der Waals surface area contributed by atoms with Crippen molar-refractivity contribution in [2.24, 2.45) is 0 Å². The van der Waals surface area contributed by atoms with E-state index in [1.165, 1.54) is 4.90 Å². The first-order chi connectivity index (χ1) is 16.5. The molecule has 7 heteroatoms. The largest absolute Gasteiger partial charge is 0.507 e. The molecule has 1 N–H and O–H groups in total. The van der Waals surface area contributed by atoms with E-state index in [0.29, 0.717) is 35.8 Å². The Bertz CT molecular complexity index is 1210. The Kier molecular flexibility index (Phi) is 6.92. The molecule has 2 aromatic carbocycles. The van der Waals surface area contributed by atoms with Crippen LogP contribution in [0.25, 0.3) is 5.76 Å². The van der Waals surface area contributed by atoms with E-state index < -0.39 is 17.7 Å². The van der Waals surface area contributed by atoms with E-state index >= 15 is 0 Å². The molecule has 1 unspecified atom stereocenters. The van der Waals surface area contributed by atoms with Gasteiger partial charge in [0.15, 0.2) is 0 Å². The number of nitrogens with zero attached hydrogens (tertiary/aromatic N) is 2. The van der Waals surface area contributed by atoms with E-state index in [1.807, 2.05) is 26.0 Å². The van der Waals surface area contributed by atoms with Gasteiger partial charge in [0.1, 0.15) is 17.3 Å². The number of rotatable bonds is 8. The van der Waals surface area contributed by atoms with Crippen molar-refractivity contribution >= 4 is 17.4 Å². The van der Waals surface area contributed by atoms with E-state index in [4.69, 9.17) is 9.47 Å². The van der Waals surface area contributed by atoms with Crippen LogP contribution in [0.2, 0.25) is 0 Å². The van der Waals surface area contributed by atoms with Crippen LogP contribution >= 0.6 is 0 Å². The van der Waals surface area contributed by atoms with E-state index in [2.05, 4.69) is 4.98 Å². The minimum Gasteiger partial charge on any atom is -0.507 e. The zero-order chi connectivity index (χ0) is 24.1. The third kappa shape index (κ3) is 4.64. The first-order valence-corrected chi connectivity index (χ1v) is 11.2. The molecule has 1 aliphatic heterocycles. The number of pyridine rings is 1. The van der Waals surface area contributed by atoms with Gasteiger partial charge in [-0.25, -0.2) is 0 Å². The number of amides is 1. The summed E-state index contributed by atoms with van der Waals surface area (Å²) in [6.45, 7) is 4.94. The standard InChI is InChI=1S/C27H26N2O5/c1-3-33-21-10-8-19(9-11-21)24-23(25(30)20-6-5-7-22(16-20)34-4-2)26(31)27(32)29(24)17-18-12-14-28-15-13-18/h5-16,24,30H,3-4,17H2,1-2H3/b25-23+. The summed E-state index contributed by atoms with van der Waals surface area (Å²) in [6.07, 6.45) is 3.27. The molecule has 7 nitrogen and oxygen atoms in total. The number of ether oxygens (including phenoxy) is 2. The Morgan fingerprint density at radius 3 is 2.29 bits per heavy atom. The fourth-order valence-corrected chi connectivity index (χ4v) is 4.04. The Morgan fingerprint density at radius 2 is 1.62 bits per heavy atom. The monoisotopic (exact) mass is 458 g/mol. The molecule has 2 heterocycles. The molecule has 34 heavy (non-hydrogen) atoms. The first kappa shape index (κ1) is 23.0. The maximum absolute atomic E-state index is 13.2. The Balaban J connectivity index is 1.82. The number of benzene rings is 2. The maximum Gasteiger partial charge on any atom is 0.295 e. The molecule has 1 saturated heterocycles. The van der Waals surface area contributed by atoms with Gasteiger partial charge in [-0.05, 0) is 61.4 Å². The number of Topliss-reactive ketones (excluding diaryl/α,β-unsaturated/α-hetero) is 1. The quantitative estimate of drug-likeness (QED) is 0.304. The molecule has 174 valence electrons. The molecule has 0 spiro atoms. The predicted molar refractivity (Wildman–Crippen MR) is 127 cm³/mol. The van der Waals surface area contributed by atoms with Crippen molar-refractivity contribution < 1.29 is 24.2 Å². The van der Waals surface area contributed by atoms with Crippen molar-refractivity contribution in [1.29, 1.82) is 0 Å². The van der Waals surface area contributed by atoms with Crippen molar-refractivity contribution in [3.8, 4) is 11.5 Å². The van der Waals surface area contributed by atoms with Gasteiger partial charge in [0.05, 0.1) is 24.8 Å². The van der Waals surface area contributed by atoms with Gasteiger partial charge >= 0.3 is 0 Å². The van der Waals surface area contributed by atoms with Crippen LogP contribution in [0.1, 0.15) is 36.6 Å². The zero-order valence-corrected chi connectivity index (χ0v) is 19.1. The number of ketones is 1. The molecule has 3 aromatic rings. The van der Waals surface area contributed by atoms with E-state index in [0.717, 1.165) is 5.56 Å². The van der Waals surface area contributed by atoms with Crippen LogP contribution in [0.5, 0.6) is 11.5 Å². The minimum absolute atomic E-state index is 0.0388. The zero-order valence-electron chi connectivity index (χ0n) is 19.1. The second kappa shape index (κ2) is 10.2. The van der Waals surface area contributed by atoms with Crippen LogP contribution in [-0.2, 0) is 16.1 Å². The highest BCUT2D eigenvalue weighted by Gasteiger charge is 2.46. The summed E-state index contributed by atoms with van der Waals surface area (Å²) in [5, 5.41) is 11.2. The molecule has 1 amide bonds. The molecule has 1 aliphatic rings. The molecule has 0 aliphatic carbocycles. The highest BCUT2D eigenvalue weighted by Crippen LogP contribution is 2.41. The number of carbonyl (C=O) groups excluding carboxylic acids is 2. The second-order valence-electron chi connectivity index (χ2n) is 7.75. The number of hydrogen-bond donors (Lipinski definition) is 1. The van der Waals surface area contributed by atoms with Gasteiger partial charge in [0.25, 0.3) is 11.7 Å². The topological polar surface area (TPSA) is 89.0 Å². The lowest BCUT2D eigenvalue weighted by molar-refractivity contribution is -0.140. The second-order valence-corrected chi connectivity index (χ2v) is 7.75.